The molecule has 0 unspecified atom stereocenters. The smallest absolute Gasteiger partial charge is 0.272 e. The molecule has 1 amide bonds. The number of amides is 1. The summed E-state index contributed by atoms with van der Waals surface area (Å²) < 4.78 is 5.42. The second-order valence-electron chi connectivity index (χ2n) is 3.99. The van der Waals surface area contributed by atoms with Crippen LogP contribution in [0.2, 0.25) is 0 Å². The predicted octanol–water partition coefficient (Wildman–Crippen LogP) is 1.28. The molecular weight excluding hydrogens is 204 g/mol. The largest absolute Gasteiger partial charge is 0.483 e. The van der Waals surface area contributed by atoms with E-state index in [0.717, 1.165) is 11.3 Å². The zero-order valence-corrected chi connectivity index (χ0v) is 10.2. The maximum absolute atomic E-state index is 11.3. The Morgan fingerprint density at radius 1 is 1.38 bits per heavy atom. The van der Waals surface area contributed by atoms with Gasteiger partial charge in [0, 0.05) is 14.1 Å². The molecule has 0 spiro atoms. The average Bonchev–Trinajstić information content (AvgIpc) is 2.15. The molecule has 16 heavy (non-hydrogen) atoms. The molecule has 0 atom stereocenters. The van der Waals surface area contributed by atoms with E-state index >= 15 is 0 Å². The Labute approximate surface area is 96.2 Å². The zero-order chi connectivity index (χ0) is 12.1. The maximum Gasteiger partial charge on any atom is 0.272 e. The van der Waals surface area contributed by atoms with Crippen molar-refractivity contribution in [1.82, 2.24) is 10.4 Å². The molecule has 4 nitrogen and oxygen atoms in total. The van der Waals surface area contributed by atoms with Gasteiger partial charge in [-0.1, -0.05) is 17.7 Å². The van der Waals surface area contributed by atoms with Crippen molar-refractivity contribution in [2.24, 2.45) is 0 Å². The highest BCUT2D eigenvalue weighted by Gasteiger charge is 2.05. The molecule has 0 heterocycles. The maximum atomic E-state index is 11.3. The summed E-state index contributed by atoms with van der Waals surface area (Å²) in [6.07, 6.45) is 0. The van der Waals surface area contributed by atoms with Gasteiger partial charge in [-0.05, 0) is 25.5 Å². The number of hydrogen-bond donors (Lipinski definition) is 1. The molecule has 0 aromatic heterocycles. The van der Waals surface area contributed by atoms with Crippen molar-refractivity contribution >= 4 is 5.91 Å². The van der Waals surface area contributed by atoms with Crippen LogP contribution in [0.25, 0.3) is 0 Å². The van der Waals surface area contributed by atoms with Gasteiger partial charge in [0.25, 0.3) is 5.91 Å². The van der Waals surface area contributed by atoms with Gasteiger partial charge in [0.1, 0.15) is 5.75 Å². The van der Waals surface area contributed by atoms with Crippen molar-refractivity contribution in [2.45, 2.75) is 13.8 Å². The highest BCUT2D eigenvalue weighted by Crippen LogP contribution is 2.18. The quantitative estimate of drug-likeness (QED) is 0.780. The Hall–Kier alpha value is -1.55. The van der Waals surface area contributed by atoms with Crippen LogP contribution in [0.4, 0.5) is 0 Å². The Morgan fingerprint density at radius 3 is 2.62 bits per heavy atom. The lowest BCUT2D eigenvalue weighted by molar-refractivity contribution is -0.126. The lowest BCUT2D eigenvalue weighted by atomic mass is 10.1. The molecule has 0 radical (unpaired) electrons. The Bertz CT molecular complexity index is 375. The van der Waals surface area contributed by atoms with Crippen molar-refractivity contribution in [1.29, 1.82) is 0 Å². The lowest BCUT2D eigenvalue weighted by Crippen LogP contribution is -2.39. The first-order chi connectivity index (χ1) is 7.49. The van der Waals surface area contributed by atoms with Crippen molar-refractivity contribution in [3.63, 3.8) is 0 Å². The van der Waals surface area contributed by atoms with Crippen molar-refractivity contribution < 1.29 is 9.53 Å². The molecule has 0 saturated carbocycles. The molecule has 1 aromatic carbocycles. The molecule has 1 rings (SSSR count). The Kier molecular flexibility index (Phi) is 4.31. The van der Waals surface area contributed by atoms with Gasteiger partial charge >= 0.3 is 0 Å². The number of hydrogen-bond acceptors (Lipinski definition) is 3. The molecule has 0 aliphatic carbocycles. The summed E-state index contributed by atoms with van der Waals surface area (Å²) >= 11 is 0. The molecule has 1 aromatic rings. The van der Waals surface area contributed by atoms with Crippen LogP contribution >= 0.6 is 0 Å². The molecule has 4 heteroatoms. The number of nitrogens with one attached hydrogen (secondary N) is 1. The van der Waals surface area contributed by atoms with Gasteiger partial charge in [-0.15, -0.1) is 0 Å². The fourth-order valence-corrected chi connectivity index (χ4v) is 1.39. The fraction of sp³-hybridized carbons (Fsp3) is 0.417. The second kappa shape index (κ2) is 5.51. The third-order valence-electron chi connectivity index (χ3n) is 2.04. The summed E-state index contributed by atoms with van der Waals surface area (Å²) in [7, 11) is 3.52. The number of ether oxygens (including phenoxy) is 1. The molecule has 0 bridgehead atoms. The van der Waals surface area contributed by atoms with E-state index in [0.29, 0.717) is 0 Å². The van der Waals surface area contributed by atoms with Crippen LogP contribution < -0.4 is 10.2 Å². The van der Waals surface area contributed by atoms with Crippen LogP contribution in [0.3, 0.4) is 0 Å². The first kappa shape index (κ1) is 12.5. The second-order valence-corrected chi connectivity index (χ2v) is 3.99. The van der Waals surface area contributed by atoms with Gasteiger partial charge in [0.05, 0.1) is 0 Å². The number of rotatable bonds is 4. The minimum Gasteiger partial charge on any atom is -0.483 e. The van der Waals surface area contributed by atoms with Crippen molar-refractivity contribution in [3.8, 4) is 5.75 Å². The van der Waals surface area contributed by atoms with E-state index in [4.69, 9.17) is 4.74 Å². The molecule has 0 saturated heterocycles. The van der Waals surface area contributed by atoms with Gasteiger partial charge in [0.15, 0.2) is 6.61 Å². The Balaban J connectivity index is 2.51. The van der Waals surface area contributed by atoms with E-state index in [1.807, 2.05) is 32.0 Å². The highest BCUT2D eigenvalue weighted by atomic mass is 16.5. The minimum atomic E-state index is -0.162. The lowest BCUT2D eigenvalue weighted by Gasteiger charge is -2.13. The van der Waals surface area contributed by atoms with E-state index in [1.165, 1.54) is 5.56 Å². The molecule has 0 aliphatic heterocycles. The van der Waals surface area contributed by atoms with E-state index in [9.17, 15) is 4.79 Å². The van der Waals surface area contributed by atoms with E-state index < -0.39 is 0 Å². The molecule has 1 N–H and O–H groups in total. The van der Waals surface area contributed by atoms with Gasteiger partial charge in [-0.3, -0.25) is 10.2 Å². The van der Waals surface area contributed by atoms with Crippen LogP contribution in [0.5, 0.6) is 5.75 Å². The predicted molar refractivity (Wildman–Crippen MR) is 63.2 cm³/mol. The van der Waals surface area contributed by atoms with Gasteiger partial charge in [0.2, 0.25) is 0 Å². The zero-order valence-electron chi connectivity index (χ0n) is 10.2. The minimum absolute atomic E-state index is 0.0298. The molecule has 88 valence electrons. The summed E-state index contributed by atoms with van der Waals surface area (Å²) in [5.41, 5.74) is 4.84. The molecular formula is C12H18N2O2. The molecule has 0 aliphatic rings. The van der Waals surface area contributed by atoms with Gasteiger partial charge in [-0.25, -0.2) is 5.01 Å². The Morgan fingerprint density at radius 2 is 2.06 bits per heavy atom. The summed E-state index contributed by atoms with van der Waals surface area (Å²) in [4.78, 5) is 11.3. The highest BCUT2D eigenvalue weighted by molar-refractivity contribution is 5.76. The van der Waals surface area contributed by atoms with Crippen molar-refractivity contribution in [3.05, 3.63) is 29.3 Å². The third-order valence-corrected chi connectivity index (χ3v) is 2.04. The average molecular weight is 222 g/mol. The summed E-state index contributed by atoms with van der Waals surface area (Å²) in [5.74, 6) is 0.587. The van der Waals surface area contributed by atoms with E-state index in [2.05, 4.69) is 5.43 Å². The number of aryl methyl sites for hydroxylation is 2. The fourth-order valence-electron chi connectivity index (χ4n) is 1.39. The first-order valence-electron chi connectivity index (χ1n) is 5.16. The van der Waals surface area contributed by atoms with E-state index in [1.54, 1.807) is 19.1 Å². The van der Waals surface area contributed by atoms with Gasteiger partial charge in [-0.2, -0.15) is 0 Å². The third kappa shape index (κ3) is 3.90. The number of carbonyl (C=O) groups is 1. The van der Waals surface area contributed by atoms with Crippen LogP contribution in [0.1, 0.15) is 11.1 Å². The van der Waals surface area contributed by atoms with Crippen LogP contribution in [0.15, 0.2) is 18.2 Å². The number of nitrogens with zero attached hydrogens (tertiary/aromatic N) is 1. The van der Waals surface area contributed by atoms with Gasteiger partial charge < -0.3 is 4.74 Å². The normalized spacial score (nSPS) is 10.3. The summed E-state index contributed by atoms with van der Waals surface area (Å²) in [5, 5.41) is 1.59. The first-order valence-corrected chi connectivity index (χ1v) is 5.16. The standard InChI is InChI=1S/C12H18N2O2/c1-9-5-6-11(10(2)7-9)16-8-12(15)13-14(3)4/h5-7H,8H2,1-4H3,(H,13,15). The number of hydrazine groups is 1. The SMILES string of the molecule is Cc1ccc(OCC(=O)NN(C)C)c(C)c1. The number of carbonyl (C=O) groups excluding carboxylic acids is 1. The van der Waals surface area contributed by atoms with E-state index in [-0.39, 0.29) is 12.5 Å². The number of benzene rings is 1. The topological polar surface area (TPSA) is 41.6 Å². The molecule has 0 fully saturated rings. The monoisotopic (exact) mass is 222 g/mol. The summed E-state index contributed by atoms with van der Waals surface area (Å²) in [6.45, 7) is 4.02. The van der Waals surface area contributed by atoms with Crippen LogP contribution in [-0.4, -0.2) is 31.6 Å². The van der Waals surface area contributed by atoms with Crippen molar-refractivity contribution in [2.75, 3.05) is 20.7 Å². The van der Waals surface area contributed by atoms with Crippen LogP contribution in [-0.2, 0) is 4.79 Å². The van der Waals surface area contributed by atoms with Crippen LogP contribution in [0, 0.1) is 13.8 Å². The summed E-state index contributed by atoms with van der Waals surface area (Å²) in [6, 6.07) is 5.87.